The molecule has 0 unspecified atom stereocenters. The highest BCUT2D eigenvalue weighted by Crippen LogP contribution is 2.13. The highest BCUT2D eigenvalue weighted by molar-refractivity contribution is 5.84. The number of rotatable bonds is 6. The maximum Gasteiger partial charge on any atom is 0.317 e. The number of nitrogens with zero attached hydrogens (tertiary/aromatic N) is 1. The molecule has 0 spiro atoms. The average Bonchev–Trinajstić information content (AvgIpc) is 2.32. The highest BCUT2D eigenvalue weighted by Gasteiger charge is 2.28. The van der Waals surface area contributed by atoms with Crippen LogP contribution in [0.5, 0.6) is 0 Å². The topological polar surface area (TPSA) is 98.7 Å². The van der Waals surface area contributed by atoms with Crippen molar-refractivity contribution >= 4 is 17.9 Å². The summed E-state index contributed by atoms with van der Waals surface area (Å²) in [6.45, 7) is 5.10. The highest BCUT2D eigenvalue weighted by atomic mass is 16.4. The molecule has 0 saturated heterocycles. The van der Waals surface area contributed by atoms with Gasteiger partial charge in [-0.15, -0.1) is 0 Å². The molecule has 0 radical (unpaired) electrons. The predicted octanol–water partition coefficient (Wildman–Crippen LogP) is -0.125. The summed E-state index contributed by atoms with van der Waals surface area (Å²) in [5.41, 5.74) is -1.04. The van der Waals surface area contributed by atoms with Crippen LogP contribution in [-0.4, -0.2) is 54.6 Å². The van der Waals surface area contributed by atoms with Crippen LogP contribution in [0.25, 0.3) is 0 Å². The lowest BCUT2D eigenvalue weighted by Crippen LogP contribution is -2.48. The minimum Gasteiger partial charge on any atom is -0.481 e. The van der Waals surface area contributed by atoms with Crippen LogP contribution in [0.15, 0.2) is 0 Å². The Morgan fingerprint density at radius 1 is 1.28 bits per heavy atom. The van der Waals surface area contributed by atoms with E-state index in [4.69, 9.17) is 5.11 Å². The minimum absolute atomic E-state index is 0.00537. The molecule has 0 heterocycles. The molecule has 0 aliphatic heterocycles. The van der Waals surface area contributed by atoms with E-state index in [0.717, 1.165) is 0 Å². The van der Waals surface area contributed by atoms with E-state index in [0.29, 0.717) is 6.54 Å². The van der Waals surface area contributed by atoms with Gasteiger partial charge in [0.1, 0.15) is 6.54 Å². The summed E-state index contributed by atoms with van der Waals surface area (Å²) in [7, 11) is 1.49. The Balaban J connectivity index is 4.37. The fourth-order valence-electron chi connectivity index (χ4n) is 1.06. The van der Waals surface area contributed by atoms with Gasteiger partial charge in [-0.1, -0.05) is 0 Å². The van der Waals surface area contributed by atoms with Crippen molar-refractivity contribution in [3.8, 4) is 0 Å². The lowest BCUT2D eigenvalue weighted by molar-refractivity contribution is -0.146. The first-order chi connectivity index (χ1) is 8.24. The van der Waals surface area contributed by atoms with E-state index in [2.05, 4.69) is 10.6 Å². The molecule has 3 N–H and O–H groups in total. The number of urea groups is 1. The Labute approximate surface area is 107 Å². The number of nitrogens with one attached hydrogen (secondary N) is 2. The number of amides is 3. The monoisotopic (exact) mass is 259 g/mol. The summed E-state index contributed by atoms with van der Waals surface area (Å²) in [5, 5.41) is 13.8. The van der Waals surface area contributed by atoms with Crippen LogP contribution in [0.4, 0.5) is 4.79 Å². The van der Waals surface area contributed by atoms with Crippen LogP contribution in [0.3, 0.4) is 0 Å². The third kappa shape index (κ3) is 5.03. The van der Waals surface area contributed by atoms with Crippen molar-refractivity contribution in [3.63, 3.8) is 0 Å². The van der Waals surface area contributed by atoms with E-state index in [-0.39, 0.29) is 19.0 Å². The second-order valence-corrected chi connectivity index (χ2v) is 4.54. The molecule has 0 aliphatic carbocycles. The maximum absolute atomic E-state index is 11.7. The second kappa shape index (κ2) is 6.83. The van der Waals surface area contributed by atoms with Crippen molar-refractivity contribution in [1.82, 2.24) is 15.5 Å². The lowest BCUT2D eigenvalue weighted by Gasteiger charge is -2.24. The maximum atomic E-state index is 11.7. The molecule has 3 amide bonds. The van der Waals surface area contributed by atoms with E-state index in [9.17, 15) is 14.4 Å². The van der Waals surface area contributed by atoms with Gasteiger partial charge in [-0.25, -0.2) is 4.79 Å². The van der Waals surface area contributed by atoms with E-state index in [1.54, 1.807) is 6.92 Å². The summed E-state index contributed by atoms with van der Waals surface area (Å²) >= 11 is 0. The molecule has 7 nitrogen and oxygen atoms in total. The first kappa shape index (κ1) is 16.2. The van der Waals surface area contributed by atoms with Crippen molar-refractivity contribution in [3.05, 3.63) is 0 Å². The first-order valence-electron chi connectivity index (χ1n) is 5.71. The molecule has 0 aromatic carbocycles. The number of carboxylic acids is 1. The molecular weight excluding hydrogens is 238 g/mol. The average molecular weight is 259 g/mol. The van der Waals surface area contributed by atoms with Gasteiger partial charge in [-0.2, -0.15) is 0 Å². The molecule has 0 rings (SSSR count). The van der Waals surface area contributed by atoms with Crippen LogP contribution >= 0.6 is 0 Å². The Morgan fingerprint density at radius 2 is 1.83 bits per heavy atom. The fraction of sp³-hybridized carbons (Fsp3) is 0.727. The third-order valence-electron chi connectivity index (χ3n) is 2.54. The normalized spacial score (nSPS) is 10.7. The molecule has 0 saturated carbocycles. The molecule has 0 bridgehead atoms. The van der Waals surface area contributed by atoms with Gasteiger partial charge in [0.2, 0.25) is 5.91 Å². The van der Waals surface area contributed by atoms with Gasteiger partial charge >= 0.3 is 12.0 Å². The minimum atomic E-state index is -1.04. The molecule has 0 aliphatic rings. The largest absolute Gasteiger partial charge is 0.481 e. The van der Waals surface area contributed by atoms with Crippen LogP contribution in [0.2, 0.25) is 0 Å². The summed E-state index contributed by atoms with van der Waals surface area (Å²) in [5.74, 6) is -1.26. The van der Waals surface area contributed by atoms with Gasteiger partial charge in [0.25, 0.3) is 0 Å². The van der Waals surface area contributed by atoms with E-state index < -0.39 is 17.4 Å². The predicted molar refractivity (Wildman–Crippen MR) is 66.1 cm³/mol. The van der Waals surface area contributed by atoms with Crippen LogP contribution < -0.4 is 10.6 Å². The van der Waals surface area contributed by atoms with Crippen molar-refractivity contribution in [2.45, 2.75) is 20.8 Å². The fourth-order valence-corrected chi connectivity index (χ4v) is 1.06. The molecule has 0 aromatic rings. The van der Waals surface area contributed by atoms with Crippen LogP contribution in [0.1, 0.15) is 20.8 Å². The van der Waals surface area contributed by atoms with Gasteiger partial charge in [-0.3, -0.25) is 9.59 Å². The summed E-state index contributed by atoms with van der Waals surface area (Å²) in [6, 6.07) is -0.449. The van der Waals surface area contributed by atoms with Gasteiger partial charge in [-0.05, 0) is 20.8 Å². The zero-order valence-electron chi connectivity index (χ0n) is 11.2. The van der Waals surface area contributed by atoms with E-state index >= 15 is 0 Å². The van der Waals surface area contributed by atoms with Gasteiger partial charge < -0.3 is 20.6 Å². The smallest absolute Gasteiger partial charge is 0.317 e. The summed E-state index contributed by atoms with van der Waals surface area (Å²) in [4.78, 5) is 35.1. The lowest BCUT2D eigenvalue weighted by atomic mass is 9.94. The van der Waals surface area contributed by atoms with Crippen molar-refractivity contribution in [1.29, 1.82) is 0 Å². The van der Waals surface area contributed by atoms with Crippen LogP contribution in [0, 0.1) is 5.41 Å². The molecule has 104 valence electrons. The molecule has 0 aromatic heterocycles. The van der Waals surface area contributed by atoms with E-state index in [1.165, 1.54) is 25.8 Å². The van der Waals surface area contributed by atoms with Gasteiger partial charge in [0, 0.05) is 20.1 Å². The molecule has 18 heavy (non-hydrogen) atoms. The zero-order chi connectivity index (χ0) is 14.3. The van der Waals surface area contributed by atoms with Crippen molar-refractivity contribution < 1.29 is 19.5 Å². The number of aliphatic carboxylic acids is 1. The Kier molecular flexibility index (Phi) is 6.15. The number of carbonyl (C=O) groups is 3. The van der Waals surface area contributed by atoms with Crippen molar-refractivity contribution in [2.75, 3.05) is 26.7 Å². The van der Waals surface area contributed by atoms with Gasteiger partial charge in [0.15, 0.2) is 0 Å². The molecule has 0 atom stereocenters. The third-order valence-corrected chi connectivity index (χ3v) is 2.54. The molecule has 7 heteroatoms. The summed E-state index contributed by atoms with van der Waals surface area (Å²) in [6.07, 6.45) is 0. The molecule has 0 fully saturated rings. The van der Waals surface area contributed by atoms with Gasteiger partial charge in [0.05, 0.1) is 5.41 Å². The number of hydrogen-bond acceptors (Lipinski definition) is 3. The quantitative estimate of drug-likeness (QED) is 0.619. The van der Waals surface area contributed by atoms with E-state index in [1.807, 2.05) is 0 Å². The Morgan fingerprint density at radius 3 is 2.22 bits per heavy atom. The Hall–Kier alpha value is -1.79. The number of likely N-dealkylation sites (N-methyl/N-ethyl adjacent to an activating group) is 2. The molecular formula is C11H21N3O4. The SMILES string of the molecule is CCN(CC(=O)NC)C(=O)NCC(C)(C)C(=O)O. The Bertz CT molecular complexity index is 328. The first-order valence-corrected chi connectivity index (χ1v) is 5.71. The van der Waals surface area contributed by atoms with Crippen molar-refractivity contribution in [2.24, 2.45) is 5.41 Å². The zero-order valence-corrected chi connectivity index (χ0v) is 11.2. The number of carbonyl (C=O) groups excluding carboxylic acids is 2. The number of carboxylic acid groups (broad SMARTS) is 1. The standard InChI is InChI=1S/C11H21N3O4/c1-5-14(6-8(15)12-4)10(18)13-7-11(2,3)9(16)17/h5-7H2,1-4H3,(H,12,15)(H,13,18)(H,16,17). The number of hydrogen-bond donors (Lipinski definition) is 3. The van der Waals surface area contributed by atoms with Crippen LogP contribution in [-0.2, 0) is 9.59 Å². The summed E-state index contributed by atoms with van der Waals surface area (Å²) < 4.78 is 0. The second-order valence-electron chi connectivity index (χ2n) is 4.54.